The van der Waals surface area contributed by atoms with Crippen LogP contribution in [0, 0.1) is 13.8 Å². The van der Waals surface area contributed by atoms with Crippen LogP contribution in [-0.4, -0.2) is 22.7 Å². The number of carbonyl (C=O) groups is 1. The Morgan fingerprint density at radius 2 is 2.09 bits per heavy atom. The summed E-state index contributed by atoms with van der Waals surface area (Å²) < 4.78 is 5.35. The Kier molecular flexibility index (Phi) is 5.41. The molecule has 2 amide bonds. The van der Waals surface area contributed by atoms with Gasteiger partial charge < -0.3 is 20.2 Å². The first-order chi connectivity index (χ1) is 10.5. The molecule has 2 aromatic rings. The molecule has 22 heavy (non-hydrogen) atoms. The summed E-state index contributed by atoms with van der Waals surface area (Å²) in [6.07, 6.45) is -0.870. The summed E-state index contributed by atoms with van der Waals surface area (Å²) >= 11 is 5.98. The molecular weight excluding hydrogens is 306 g/mol. The molecule has 0 saturated carbocycles. The minimum Gasteiger partial charge on any atom is -0.444 e. The zero-order valence-corrected chi connectivity index (χ0v) is 13.1. The summed E-state index contributed by atoms with van der Waals surface area (Å²) in [7, 11) is 0. The molecule has 0 aliphatic heterocycles. The highest BCUT2D eigenvalue weighted by molar-refractivity contribution is 6.31. The third-order valence-electron chi connectivity index (χ3n) is 3.19. The van der Waals surface area contributed by atoms with E-state index in [1.54, 1.807) is 24.3 Å². The first kappa shape index (κ1) is 16.3. The maximum absolute atomic E-state index is 11.7. The van der Waals surface area contributed by atoms with E-state index in [9.17, 15) is 9.90 Å². The maximum atomic E-state index is 11.7. The number of halogens is 1. The molecule has 7 heteroatoms. The van der Waals surface area contributed by atoms with E-state index in [4.69, 9.17) is 16.0 Å². The predicted octanol–water partition coefficient (Wildman–Crippen LogP) is 2.48. The lowest BCUT2D eigenvalue weighted by molar-refractivity contribution is 0.173. The Morgan fingerprint density at radius 1 is 1.36 bits per heavy atom. The Hall–Kier alpha value is -2.05. The first-order valence-corrected chi connectivity index (χ1v) is 7.22. The number of rotatable bonds is 5. The van der Waals surface area contributed by atoms with E-state index in [-0.39, 0.29) is 13.1 Å². The first-order valence-electron chi connectivity index (χ1n) is 6.84. The van der Waals surface area contributed by atoms with Crippen molar-refractivity contribution in [3.05, 3.63) is 52.2 Å². The summed E-state index contributed by atoms with van der Waals surface area (Å²) in [5.74, 6) is 1.17. The van der Waals surface area contributed by atoms with Crippen LogP contribution in [0.5, 0.6) is 0 Å². The van der Waals surface area contributed by atoms with Gasteiger partial charge in [-0.1, -0.05) is 29.8 Å². The highest BCUT2D eigenvalue weighted by Crippen LogP contribution is 2.21. The van der Waals surface area contributed by atoms with Gasteiger partial charge in [0.2, 0.25) is 5.89 Å². The van der Waals surface area contributed by atoms with Gasteiger partial charge >= 0.3 is 6.03 Å². The number of amides is 2. The van der Waals surface area contributed by atoms with E-state index >= 15 is 0 Å². The van der Waals surface area contributed by atoms with Crippen LogP contribution in [-0.2, 0) is 6.54 Å². The van der Waals surface area contributed by atoms with Crippen molar-refractivity contribution in [2.24, 2.45) is 0 Å². The number of oxazole rings is 1. The van der Waals surface area contributed by atoms with E-state index in [0.29, 0.717) is 16.5 Å². The number of carbonyl (C=O) groups excluding carboxylic acids is 1. The summed E-state index contributed by atoms with van der Waals surface area (Å²) in [4.78, 5) is 15.9. The van der Waals surface area contributed by atoms with E-state index in [1.807, 2.05) is 13.8 Å². The van der Waals surface area contributed by atoms with Crippen molar-refractivity contribution in [3.63, 3.8) is 0 Å². The molecule has 0 saturated heterocycles. The van der Waals surface area contributed by atoms with Crippen molar-refractivity contribution in [1.29, 1.82) is 0 Å². The molecule has 6 nitrogen and oxygen atoms in total. The molecule has 1 aromatic carbocycles. The largest absolute Gasteiger partial charge is 0.444 e. The number of aliphatic hydroxyl groups is 1. The Labute approximate surface area is 133 Å². The second-order valence-corrected chi connectivity index (χ2v) is 5.26. The summed E-state index contributed by atoms with van der Waals surface area (Å²) in [6, 6.07) is 6.54. The molecule has 1 heterocycles. The molecule has 0 spiro atoms. The van der Waals surface area contributed by atoms with Gasteiger partial charge in [0.25, 0.3) is 0 Å². The van der Waals surface area contributed by atoms with Gasteiger partial charge in [0.15, 0.2) is 0 Å². The van der Waals surface area contributed by atoms with Gasteiger partial charge in [-0.3, -0.25) is 0 Å². The fourth-order valence-corrected chi connectivity index (χ4v) is 2.14. The van der Waals surface area contributed by atoms with Crippen molar-refractivity contribution < 1.29 is 14.3 Å². The summed E-state index contributed by atoms with van der Waals surface area (Å²) in [5, 5.41) is 15.7. The number of urea groups is 1. The molecule has 0 aliphatic rings. The number of hydrogen-bond donors (Lipinski definition) is 3. The van der Waals surface area contributed by atoms with E-state index in [1.165, 1.54) is 0 Å². The number of hydrogen-bond acceptors (Lipinski definition) is 4. The van der Waals surface area contributed by atoms with Crippen molar-refractivity contribution in [3.8, 4) is 0 Å². The highest BCUT2D eigenvalue weighted by atomic mass is 35.5. The normalized spacial score (nSPS) is 12.0. The van der Waals surface area contributed by atoms with Crippen LogP contribution in [0.2, 0.25) is 5.02 Å². The standard InChI is InChI=1S/C15H18ClN3O3/c1-9-10(2)22-14(19-9)8-18-15(21)17-7-13(20)11-5-3-4-6-12(11)16/h3-6,13,20H,7-8H2,1-2H3,(H2,17,18,21). The van der Waals surface area contributed by atoms with Gasteiger partial charge in [0.05, 0.1) is 18.3 Å². The molecule has 0 fully saturated rings. The van der Waals surface area contributed by atoms with Crippen LogP contribution in [0.25, 0.3) is 0 Å². The summed E-state index contributed by atoms with van der Waals surface area (Å²) in [6.45, 7) is 3.89. The minimum absolute atomic E-state index is 0.0548. The van der Waals surface area contributed by atoms with Crippen molar-refractivity contribution in [1.82, 2.24) is 15.6 Å². The molecule has 2 rings (SSSR count). The van der Waals surface area contributed by atoms with Crippen LogP contribution >= 0.6 is 11.6 Å². The van der Waals surface area contributed by atoms with Crippen LogP contribution in [0.15, 0.2) is 28.7 Å². The lowest BCUT2D eigenvalue weighted by Crippen LogP contribution is -2.37. The molecular formula is C15H18ClN3O3. The minimum atomic E-state index is -0.870. The third-order valence-corrected chi connectivity index (χ3v) is 3.54. The number of nitrogens with zero attached hydrogens (tertiary/aromatic N) is 1. The average Bonchev–Trinajstić information content (AvgIpc) is 2.82. The van der Waals surface area contributed by atoms with Crippen LogP contribution in [0.1, 0.15) is 29.0 Å². The second kappa shape index (κ2) is 7.29. The Bertz CT molecular complexity index is 638. The van der Waals surface area contributed by atoms with Gasteiger partial charge in [-0.15, -0.1) is 0 Å². The van der Waals surface area contributed by atoms with Gasteiger partial charge in [-0.05, 0) is 19.9 Å². The molecule has 1 atom stereocenters. The van der Waals surface area contributed by atoms with Crippen LogP contribution in [0.4, 0.5) is 4.79 Å². The van der Waals surface area contributed by atoms with Crippen molar-refractivity contribution in [2.75, 3.05) is 6.54 Å². The highest BCUT2D eigenvalue weighted by Gasteiger charge is 2.13. The van der Waals surface area contributed by atoms with E-state index < -0.39 is 12.1 Å². The number of benzene rings is 1. The molecule has 1 aromatic heterocycles. The maximum Gasteiger partial charge on any atom is 0.315 e. The number of aromatic nitrogens is 1. The zero-order chi connectivity index (χ0) is 16.1. The average molecular weight is 324 g/mol. The molecule has 0 radical (unpaired) electrons. The molecule has 3 N–H and O–H groups in total. The predicted molar refractivity (Wildman–Crippen MR) is 82.6 cm³/mol. The van der Waals surface area contributed by atoms with Crippen molar-refractivity contribution in [2.45, 2.75) is 26.5 Å². The Morgan fingerprint density at radius 3 is 2.73 bits per heavy atom. The third kappa shape index (κ3) is 4.22. The molecule has 118 valence electrons. The van der Waals surface area contributed by atoms with Gasteiger partial charge in [-0.2, -0.15) is 0 Å². The molecule has 1 unspecified atom stereocenters. The summed E-state index contributed by atoms with van der Waals surface area (Å²) in [5.41, 5.74) is 1.37. The second-order valence-electron chi connectivity index (χ2n) is 4.85. The van der Waals surface area contributed by atoms with E-state index in [0.717, 1.165) is 11.5 Å². The van der Waals surface area contributed by atoms with Crippen LogP contribution < -0.4 is 10.6 Å². The number of aliphatic hydroxyl groups excluding tert-OH is 1. The quantitative estimate of drug-likeness (QED) is 0.789. The topological polar surface area (TPSA) is 87.4 Å². The van der Waals surface area contributed by atoms with Gasteiger partial charge in [0.1, 0.15) is 5.76 Å². The van der Waals surface area contributed by atoms with Crippen molar-refractivity contribution >= 4 is 17.6 Å². The number of nitrogens with one attached hydrogen (secondary N) is 2. The molecule has 0 aliphatic carbocycles. The lowest BCUT2D eigenvalue weighted by Gasteiger charge is -2.13. The Balaban J connectivity index is 1.79. The van der Waals surface area contributed by atoms with Gasteiger partial charge in [-0.25, -0.2) is 9.78 Å². The number of aryl methyl sites for hydroxylation is 2. The fourth-order valence-electron chi connectivity index (χ4n) is 1.88. The molecule has 0 bridgehead atoms. The van der Waals surface area contributed by atoms with E-state index in [2.05, 4.69) is 15.6 Å². The fraction of sp³-hybridized carbons (Fsp3) is 0.333. The van der Waals surface area contributed by atoms with Crippen LogP contribution in [0.3, 0.4) is 0 Å². The SMILES string of the molecule is Cc1nc(CNC(=O)NCC(O)c2ccccc2Cl)oc1C. The lowest BCUT2D eigenvalue weighted by atomic mass is 10.1. The monoisotopic (exact) mass is 323 g/mol. The van der Waals surface area contributed by atoms with Gasteiger partial charge in [0, 0.05) is 17.1 Å². The smallest absolute Gasteiger partial charge is 0.315 e. The zero-order valence-electron chi connectivity index (χ0n) is 12.4.